The number of thiophene rings is 1. The van der Waals surface area contributed by atoms with Gasteiger partial charge >= 0.3 is 0 Å². The topological polar surface area (TPSA) is 35.2 Å². The van der Waals surface area contributed by atoms with E-state index < -0.39 is 0 Å². The van der Waals surface area contributed by atoms with E-state index in [1.165, 1.54) is 11.1 Å². The standard InChI is InChI=1S/C14H17NOS/c1-10-3-4-14(13(7-10)11(2)15)16-8-12-5-6-17-9-12/h3-7,9,11H,8,15H2,1-2H3/t11-/m1/s1. The van der Waals surface area contributed by atoms with Crippen molar-refractivity contribution in [1.82, 2.24) is 0 Å². The maximum atomic E-state index is 5.95. The highest BCUT2D eigenvalue weighted by Gasteiger charge is 2.08. The lowest BCUT2D eigenvalue weighted by molar-refractivity contribution is 0.302. The average molecular weight is 247 g/mol. The second-order valence-corrected chi connectivity index (χ2v) is 5.03. The zero-order chi connectivity index (χ0) is 12.3. The Hall–Kier alpha value is -1.32. The van der Waals surface area contributed by atoms with Crippen molar-refractivity contribution < 1.29 is 4.74 Å². The van der Waals surface area contributed by atoms with Gasteiger partial charge in [0.15, 0.2) is 0 Å². The van der Waals surface area contributed by atoms with Crippen LogP contribution in [0.1, 0.15) is 29.7 Å². The first-order chi connectivity index (χ1) is 8.16. The van der Waals surface area contributed by atoms with E-state index in [9.17, 15) is 0 Å². The molecular formula is C14H17NOS. The molecule has 0 aliphatic heterocycles. The summed E-state index contributed by atoms with van der Waals surface area (Å²) in [6.45, 7) is 4.65. The van der Waals surface area contributed by atoms with Gasteiger partial charge in [-0.3, -0.25) is 0 Å². The van der Waals surface area contributed by atoms with Gasteiger partial charge in [-0.25, -0.2) is 0 Å². The third-order valence-corrected chi connectivity index (χ3v) is 3.36. The highest BCUT2D eigenvalue weighted by molar-refractivity contribution is 7.07. The molecule has 0 unspecified atom stereocenters. The maximum Gasteiger partial charge on any atom is 0.124 e. The molecule has 90 valence electrons. The molecule has 2 rings (SSSR count). The summed E-state index contributed by atoms with van der Waals surface area (Å²) in [6, 6.07) is 8.21. The molecule has 0 amide bonds. The summed E-state index contributed by atoms with van der Waals surface area (Å²) in [6.07, 6.45) is 0. The van der Waals surface area contributed by atoms with Gasteiger partial charge in [0.2, 0.25) is 0 Å². The number of rotatable bonds is 4. The van der Waals surface area contributed by atoms with Gasteiger partial charge in [0.05, 0.1) is 0 Å². The van der Waals surface area contributed by atoms with Gasteiger partial charge < -0.3 is 10.5 Å². The summed E-state index contributed by atoms with van der Waals surface area (Å²) in [5.41, 5.74) is 9.43. The van der Waals surface area contributed by atoms with E-state index in [4.69, 9.17) is 10.5 Å². The summed E-state index contributed by atoms with van der Waals surface area (Å²) in [5.74, 6) is 0.886. The van der Waals surface area contributed by atoms with E-state index >= 15 is 0 Å². The molecule has 0 saturated carbocycles. The number of ether oxygens (including phenoxy) is 1. The molecule has 0 bridgehead atoms. The Morgan fingerprint density at radius 3 is 2.82 bits per heavy atom. The van der Waals surface area contributed by atoms with Crippen LogP contribution in [0.15, 0.2) is 35.0 Å². The Morgan fingerprint density at radius 1 is 1.35 bits per heavy atom. The van der Waals surface area contributed by atoms with E-state index in [0.717, 1.165) is 11.3 Å². The Balaban J connectivity index is 2.14. The second-order valence-electron chi connectivity index (χ2n) is 4.25. The Kier molecular flexibility index (Phi) is 3.82. The smallest absolute Gasteiger partial charge is 0.124 e. The van der Waals surface area contributed by atoms with Crippen LogP contribution in [0.2, 0.25) is 0 Å². The van der Waals surface area contributed by atoms with Crippen molar-refractivity contribution in [3.05, 3.63) is 51.7 Å². The molecule has 1 aromatic carbocycles. The largest absolute Gasteiger partial charge is 0.489 e. The predicted octanol–water partition coefficient (Wildman–Crippen LogP) is 3.66. The van der Waals surface area contributed by atoms with Gasteiger partial charge in [0, 0.05) is 11.6 Å². The van der Waals surface area contributed by atoms with Crippen molar-refractivity contribution in [1.29, 1.82) is 0 Å². The summed E-state index contributed by atoms with van der Waals surface area (Å²) < 4.78 is 5.82. The van der Waals surface area contributed by atoms with Gasteiger partial charge in [-0.05, 0) is 42.3 Å². The first-order valence-electron chi connectivity index (χ1n) is 5.67. The minimum Gasteiger partial charge on any atom is -0.489 e. The van der Waals surface area contributed by atoms with Crippen LogP contribution in [0.4, 0.5) is 0 Å². The monoisotopic (exact) mass is 247 g/mol. The molecule has 2 nitrogen and oxygen atoms in total. The predicted molar refractivity (Wildman–Crippen MR) is 72.4 cm³/mol. The van der Waals surface area contributed by atoms with Crippen molar-refractivity contribution in [2.24, 2.45) is 5.73 Å². The molecule has 0 spiro atoms. The van der Waals surface area contributed by atoms with E-state index in [1.54, 1.807) is 11.3 Å². The van der Waals surface area contributed by atoms with Crippen LogP contribution in [0.25, 0.3) is 0 Å². The normalized spacial score (nSPS) is 12.4. The van der Waals surface area contributed by atoms with Crippen molar-refractivity contribution >= 4 is 11.3 Å². The van der Waals surface area contributed by atoms with Crippen molar-refractivity contribution in [2.75, 3.05) is 0 Å². The van der Waals surface area contributed by atoms with Crippen LogP contribution in [0, 0.1) is 6.92 Å². The fraction of sp³-hybridized carbons (Fsp3) is 0.286. The molecule has 1 aromatic heterocycles. The third-order valence-electron chi connectivity index (χ3n) is 2.63. The molecular weight excluding hydrogens is 230 g/mol. The lowest BCUT2D eigenvalue weighted by atomic mass is 10.1. The molecule has 3 heteroatoms. The molecule has 0 fully saturated rings. The number of hydrogen-bond donors (Lipinski definition) is 1. The summed E-state index contributed by atoms with van der Waals surface area (Å²) >= 11 is 1.68. The SMILES string of the molecule is Cc1ccc(OCc2ccsc2)c([C@@H](C)N)c1. The van der Waals surface area contributed by atoms with Crippen molar-refractivity contribution in [3.8, 4) is 5.75 Å². The summed E-state index contributed by atoms with van der Waals surface area (Å²) in [7, 11) is 0. The van der Waals surface area contributed by atoms with E-state index in [0.29, 0.717) is 6.61 Å². The molecule has 0 radical (unpaired) electrons. The highest BCUT2D eigenvalue weighted by atomic mass is 32.1. The van der Waals surface area contributed by atoms with E-state index in [2.05, 4.69) is 35.9 Å². The van der Waals surface area contributed by atoms with Crippen LogP contribution in [-0.4, -0.2) is 0 Å². The van der Waals surface area contributed by atoms with Gasteiger partial charge in [0.1, 0.15) is 12.4 Å². The van der Waals surface area contributed by atoms with Gasteiger partial charge in [-0.2, -0.15) is 11.3 Å². The zero-order valence-electron chi connectivity index (χ0n) is 10.1. The minimum atomic E-state index is -0.00706. The number of hydrogen-bond acceptors (Lipinski definition) is 3. The lowest BCUT2D eigenvalue weighted by Gasteiger charge is -2.14. The van der Waals surface area contributed by atoms with E-state index in [1.807, 2.05) is 13.0 Å². The molecule has 0 aliphatic carbocycles. The van der Waals surface area contributed by atoms with Gasteiger partial charge in [-0.15, -0.1) is 0 Å². The molecule has 17 heavy (non-hydrogen) atoms. The molecule has 2 N–H and O–H groups in total. The second kappa shape index (κ2) is 5.34. The Morgan fingerprint density at radius 2 is 2.18 bits per heavy atom. The highest BCUT2D eigenvalue weighted by Crippen LogP contribution is 2.26. The number of benzene rings is 1. The Bertz CT molecular complexity index is 477. The van der Waals surface area contributed by atoms with Crippen LogP contribution in [0.3, 0.4) is 0 Å². The van der Waals surface area contributed by atoms with Crippen LogP contribution < -0.4 is 10.5 Å². The fourth-order valence-electron chi connectivity index (χ4n) is 1.69. The molecule has 1 heterocycles. The van der Waals surface area contributed by atoms with Gasteiger partial charge in [0.25, 0.3) is 0 Å². The lowest BCUT2D eigenvalue weighted by Crippen LogP contribution is -2.08. The van der Waals surface area contributed by atoms with E-state index in [-0.39, 0.29) is 6.04 Å². The zero-order valence-corrected chi connectivity index (χ0v) is 11.0. The first-order valence-corrected chi connectivity index (χ1v) is 6.61. The number of nitrogens with two attached hydrogens (primary N) is 1. The molecule has 0 aliphatic rings. The third kappa shape index (κ3) is 3.08. The quantitative estimate of drug-likeness (QED) is 0.895. The maximum absolute atomic E-state index is 5.95. The van der Waals surface area contributed by atoms with Crippen LogP contribution >= 0.6 is 11.3 Å². The number of aryl methyl sites for hydroxylation is 1. The molecule has 2 aromatic rings. The molecule has 1 atom stereocenters. The minimum absolute atomic E-state index is 0.00706. The van der Waals surface area contributed by atoms with Crippen molar-refractivity contribution in [3.63, 3.8) is 0 Å². The molecule has 0 saturated heterocycles. The fourth-order valence-corrected chi connectivity index (χ4v) is 2.34. The van der Waals surface area contributed by atoms with Crippen LogP contribution in [-0.2, 0) is 6.61 Å². The van der Waals surface area contributed by atoms with Crippen molar-refractivity contribution in [2.45, 2.75) is 26.5 Å². The summed E-state index contributed by atoms with van der Waals surface area (Å²) in [4.78, 5) is 0. The Labute approximate surface area is 106 Å². The van der Waals surface area contributed by atoms with Crippen LogP contribution in [0.5, 0.6) is 5.75 Å². The average Bonchev–Trinajstić information content (AvgIpc) is 2.80. The first kappa shape index (κ1) is 12.1. The summed E-state index contributed by atoms with van der Waals surface area (Å²) in [5, 5.41) is 4.15. The van der Waals surface area contributed by atoms with Gasteiger partial charge in [-0.1, -0.05) is 17.7 Å².